The number of para-hydroxylation sites is 1. The lowest BCUT2D eigenvalue weighted by atomic mass is 9.84. The Labute approximate surface area is 110 Å². The van der Waals surface area contributed by atoms with E-state index in [9.17, 15) is 4.79 Å². The third-order valence-corrected chi connectivity index (χ3v) is 2.97. The molecule has 0 saturated carbocycles. The highest BCUT2D eigenvalue weighted by molar-refractivity contribution is 5.94. The van der Waals surface area contributed by atoms with Crippen molar-refractivity contribution in [1.82, 2.24) is 0 Å². The Morgan fingerprint density at radius 3 is 2.28 bits per heavy atom. The fraction of sp³-hybridized carbons (Fsp3) is 0.533. The summed E-state index contributed by atoms with van der Waals surface area (Å²) in [5.41, 5.74) is 6.77. The van der Waals surface area contributed by atoms with Gasteiger partial charge in [0.2, 0.25) is 5.91 Å². The molecule has 0 radical (unpaired) electrons. The first-order valence-electron chi connectivity index (χ1n) is 6.38. The van der Waals surface area contributed by atoms with E-state index in [0.29, 0.717) is 6.54 Å². The van der Waals surface area contributed by atoms with Crippen molar-refractivity contribution in [2.24, 2.45) is 17.1 Å². The number of rotatable bonds is 4. The van der Waals surface area contributed by atoms with E-state index < -0.39 is 0 Å². The minimum Gasteiger partial charge on any atom is -0.330 e. The second-order valence-corrected chi connectivity index (χ2v) is 5.93. The monoisotopic (exact) mass is 248 g/mol. The first-order chi connectivity index (χ1) is 8.35. The zero-order valence-electron chi connectivity index (χ0n) is 11.8. The van der Waals surface area contributed by atoms with E-state index in [1.54, 1.807) is 4.90 Å². The summed E-state index contributed by atoms with van der Waals surface area (Å²) in [5.74, 6) is -0.0196. The van der Waals surface area contributed by atoms with Crippen molar-refractivity contribution in [1.29, 1.82) is 0 Å². The summed E-state index contributed by atoms with van der Waals surface area (Å²) >= 11 is 0. The first-order valence-corrected chi connectivity index (χ1v) is 6.38. The Morgan fingerprint density at radius 2 is 1.83 bits per heavy atom. The molecule has 18 heavy (non-hydrogen) atoms. The highest BCUT2D eigenvalue weighted by Crippen LogP contribution is 2.26. The van der Waals surface area contributed by atoms with Crippen molar-refractivity contribution in [2.75, 3.05) is 18.5 Å². The fourth-order valence-corrected chi connectivity index (χ4v) is 2.06. The molecule has 0 aliphatic rings. The van der Waals surface area contributed by atoms with Crippen LogP contribution < -0.4 is 10.6 Å². The summed E-state index contributed by atoms with van der Waals surface area (Å²) < 4.78 is 0. The van der Waals surface area contributed by atoms with Crippen LogP contribution in [0.1, 0.15) is 27.2 Å². The van der Waals surface area contributed by atoms with Crippen molar-refractivity contribution >= 4 is 11.6 Å². The minimum atomic E-state index is -0.116. The molecule has 0 heterocycles. The summed E-state index contributed by atoms with van der Waals surface area (Å²) in [7, 11) is 1.81. The Kier molecular flexibility index (Phi) is 4.91. The van der Waals surface area contributed by atoms with Gasteiger partial charge in [-0.2, -0.15) is 0 Å². The van der Waals surface area contributed by atoms with Crippen LogP contribution in [0.3, 0.4) is 0 Å². The number of hydrogen-bond donors (Lipinski definition) is 1. The smallest absolute Gasteiger partial charge is 0.231 e. The van der Waals surface area contributed by atoms with Gasteiger partial charge in [-0.1, -0.05) is 39.0 Å². The molecule has 0 spiro atoms. The maximum absolute atomic E-state index is 12.4. The van der Waals surface area contributed by atoms with Crippen LogP contribution in [0.5, 0.6) is 0 Å². The zero-order valence-corrected chi connectivity index (χ0v) is 11.8. The molecule has 0 aliphatic heterocycles. The van der Waals surface area contributed by atoms with Gasteiger partial charge in [-0.05, 0) is 24.0 Å². The molecule has 1 unspecified atom stereocenters. The summed E-state index contributed by atoms with van der Waals surface area (Å²) in [4.78, 5) is 14.1. The van der Waals surface area contributed by atoms with E-state index in [1.807, 2.05) is 37.4 Å². The van der Waals surface area contributed by atoms with Gasteiger partial charge in [-0.3, -0.25) is 4.79 Å². The van der Waals surface area contributed by atoms with Crippen LogP contribution in [0.15, 0.2) is 30.3 Å². The number of carbonyl (C=O) groups excluding carboxylic acids is 1. The number of nitrogens with zero attached hydrogens (tertiary/aromatic N) is 1. The van der Waals surface area contributed by atoms with Crippen LogP contribution >= 0.6 is 0 Å². The molecule has 1 aromatic rings. The molecule has 0 saturated heterocycles. The molecule has 3 heteroatoms. The molecule has 1 aromatic carbocycles. The molecular formula is C15H24N2O. The van der Waals surface area contributed by atoms with Gasteiger partial charge in [0.25, 0.3) is 0 Å². The van der Waals surface area contributed by atoms with E-state index >= 15 is 0 Å². The van der Waals surface area contributed by atoms with Crippen molar-refractivity contribution in [3.63, 3.8) is 0 Å². The molecule has 0 fully saturated rings. The second kappa shape index (κ2) is 6.01. The molecule has 100 valence electrons. The quantitative estimate of drug-likeness (QED) is 0.890. The lowest BCUT2D eigenvalue weighted by molar-refractivity contribution is -0.122. The molecule has 0 bridgehead atoms. The number of nitrogens with two attached hydrogens (primary N) is 1. The van der Waals surface area contributed by atoms with Crippen LogP contribution in [0.2, 0.25) is 0 Å². The van der Waals surface area contributed by atoms with Crippen LogP contribution in [-0.4, -0.2) is 19.5 Å². The normalized spacial score (nSPS) is 13.2. The maximum atomic E-state index is 12.4. The van der Waals surface area contributed by atoms with E-state index in [0.717, 1.165) is 12.1 Å². The van der Waals surface area contributed by atoms with Crippen LogP contribution in [0, 0.1) is 11.3 Å². The standard InChI is InChI=1S/C15H24N2O/c1-15(2,3)10-12(11-16)14(18)17(4)13-8-6-5-7-9-13/h5-9,12H,10-11,16H2,1-4H3. The van der Waals surface area contributed by atoms with E-state index in [-0.39, 0.29) is 17.2 Å². The topological polar surface area (TPSA) is 46.3 Å². The number of amides is 1. The fourth-order valence-electron chi connectivity index (χ4n) is 2.06. The van der Waals surface area contributed by atoms with E-state index in [2.05, 4.69) is 20.8 Å². The largest absolute Gasteiger partial charge is 0.330 e. The lowest BCUT2D eigenvalue weighted by Gasteiger charge is -2.28. The molecule has 2 N–H and O–H groups in total. The molecule has 1 amide bonds. The van der Waals surface area contributed by atoms with E-state index in [4.69, 9.17) is 5.73 Å². The first kappa shape index (κ1) is 14.7. The molecular weight excluding hydrogens is 224 g/mol. The third kappa shape index (κ3) is 4.15. The maximum Gasteiger partial charge on any atom is 0.231 e. The Hall–Kier alpha value is -1.35. The molecule has 1 rings (SSSR count). The van der Waals surface area contributed by atoms with Gasteiger partial charge in [-0.15, -0.1) is 0 Å². The van der Waals surface area contributed by atoms with Gasteiger partial charge in [0.05, 0.1) is 5.92 Å². The summed E-state index contributed by atoms with van der Waals surface area (Å²) in [6, 6.07) is 9.67. The predicted molar refractivity (Wildman–Crippen MR) is 76.5 cm³/mol. The number of anilines is 1. The van der Waals surface area contributed by atoms with E-state index in [1.165, 1.54) is 0 Å². The van der Waals surface area contributed by atoms with Gasteiger partial charge in [0, 0.05) is 19.3 Å². The van der Waals surface area contributed by atoms with Gasteiger partial charge in [0.15, 0.2) is 0 Å². The third-order valence-electron chi connectivity index (χ3n) is 2.97. The second-order valence-electron chi connectivity index (χ2n) is 5.93. The number of benzene rings is 1. The summed E-state index contributed by atoms with van der Waals surface area (Å²) in [6.45, 7) is 6.79. The average Bonchev–Trinajstić information content (AvgIpc) is 2.34. The summed E-state index contributed by atoms with van der Waals surface area (Å²) in [6.07, 6.45) is 0.805. The molecule has 0 aromatic heterocycles. The van der Waals surface area contributed by atoms with Gasteiger partial charge >= 0.3 is 0 Å². The molecule has 3 nitrogen and oxygen atoms in total. The predicted octanol–water partition coefficient (Wildman–Crippen LogP) is 2.66. The Bertz CT molecular complexity index is 381. The number of carbonyl (C=O) groups is 1. The highest BCUT2D eigenvalue weighted by atomic mass is 16.2. The van der Waals surface area contributed by atoms with Crippen molar-refractivity contribution in [3.05, 3.63) is 30.3 Å². The van der Waals surface area contributed by atoms with Gasteiger partial charge in [-0.25, -0.2) is 0 Å². The highest BCUT2D eigenvalue weighted by Gasteiger charge is 2.26. The van der Waals surface area contributed by atoms with Crippen molar-refractivity contribution < 1.29 is 4.79 Å². The average molecular weight is 248 g/mol. The summed E-state index contributed by atoms with van der Waals surface area (Å²) in [5, 5.41) is 0. The van der Waals surface area contributed by atoms with Crippen molar-refractivity contribution in [2.45, 2.75) is 27.2 Å². The zero-order chi connectivity index (χ0) is 13.8. The Balaban J connectivity index is 2.79. The molecule has 0 aliphatic carbocycles. The SMILES string of the molecule is CN(C(=O)C(CN)CC(C)(C)C)c1ccccc1. The van der Waals surface area contributed by atoms with Crippen LogP contribution in [0.4, 0.5) is 5.69 Å². The Morgan fingerprint density at radius 1 is 1.28 bits per heavy atom. The van der Waals surface area contributed by atoms with Gasteiger partial charge < -0.3 is 10.6 Å². The molecule has 1 atom stereocenters. The van der Waals surface area contributed by atoms with Crippen LogP contribution in [0.25, 0.3) is 0 Å². The van der Waals surface area contributed by atoms with Gasteiger partial charge in [0.1, 0.15) is 0 Å². The van der Waals surface area contributed by atoms with Crippen molar-refractivity contribution in [3.8, 4) is 0 Å². The van der Waals surface area contributed by atoms with Crippen LogP contribution in [-0.2, 0) is 4.79 Å². The lowest BCUT2D eigenvalue weighted by Crippen LogP contribution is -2.38. The number of hydrogen-bond acceptors (Lipinski definition) is 2. The minimum absolute atomic E-state index is 0.0959.